The van der Waals surface area contributed by atoms with Crippen molar-refractivity contribution >= 4 is 45.9 Å². The quantitative estimate of drug-likeness (QED) is 0.499. The number of carbonyl (C=O) groups is 3. The van der Waals surface area contributed by atoms with Crippen molar-refractivity contribution in [3.8, 4) is 10.6 Å². The molecule has 8 nitrogen and oxygen atoms in total. The number of esters is 1. The summed E-state index contributed by atoms with van der Waals surface area (Å²) < 4.78 is 4.87. The number of anilines is 1. The Bertz CT molecular complexity index is 905. The Morgan fingerprint density at radius 1 is 1.19 bits per heavy atom. The fraction of sp³-hybridized carbons (Fsp3) is 0.476. The van der Waals surface area contributed by atoms with Gasteiger partial charge in [0.15, 0.2) is 0 Å². The smallest absolute Gasteiger partial charge is 0.306 e. The molecule has 2 aromatic rings. The molecule has 168 valence electrons. The largest absolute Gasteiger partial charge is 0.466 e. The van der Waals surface area contributed by atoms with Crippen molar-refractivity contribution in [3.63, 3.8) is 0 Å². The summed E-state index contributed by atoms with van der Waals surface area (Å²) in [7, 11) is 0. The van der Waals surface area contributed by atoms with Gasteiger partial charge in [-0.25, -0.2) is 0 Å². The SMILES string of the molecule is CCOC(=O)CCC(=O)N(CCC(=O)Nc1nnc(-c2cccc(Cl)c2)s1)[C@H](C)CC. The fourth-order valence-corrected chi connectivity index (χ4v) is 3.76. The molecule has 0 aliphatic heterocycles. The first kappa shape index (κ1) is 24.7. The molecular formula is C21H27ClN4O4S. The van der Waals surface area contributed by atoms with Crippen LogP contribution in [0.15, 0.2) is 24.3 Å². The maximum Gasteiger partial charge on any atom is 0.306 e. The van der Waals surface area contributed by atoms with Crippen LogP contribution in [-0.4, -0.2) is 52.1 Å². The number of amides is 2. The van der Waals surface area contributed by atoms with E-state index in [0.717, 1.165) is 12.0 Å². The molecular weight excluding hydrogens is 440 g/mol. The van der Waals surface area contributed by atoms with E-state index >= 15 is 0 Å². The number of ether oxygens (including phenoxy) is 1. The van der Waals surface area contributed by atoms with Crippen molar-refractivity contribution < 1.29 is 19.1 Å². The van der Waals surface area contributed by atoms with Crippen LogP contribution in [0.25, 0.3) is 10.6 Å². The third-order valence-electron chi connectivity index (χ3n) is 4.61. The fourth-order valence-electron chi connectivity index (χ4n) is 2.81. The monoisotopic (exact) mass is 466 g/mol. The molecule has 0 unspecified atom stereocenters. The number of aromatic nitrogens is 2. The van der Waals surface area contributed by atoms with Crippen molar-refractivity contribution in [1.82, 2.24) is 15.1 Å². The van der Waals surface area contributed by atoms with Crippen molar-refractivity contribution in [2.24, 2.45) is 0 Å². The zero-order chi connectivity index (χ0) is 22.8. The summed E-state index contributed by atoms with van der Waals surface area (Å²) in [5, 5.41) is 12.4. The third-order valence-corrected chi connectivity index (χ3v) is 5.74. The van der Waals surface area contributed by atoms with Gasteiger partial charge in [0, 0.05) is 36.0 Å². The molecule has 0 fully saturated rings. The van der Waals surface area contributed by atoms with Crippen LogP contribution in [-0.2, 0) is 19.1 Å². The first-order valence-electron chi connectivity index (χ1n) is 10.2. The average molecular weight is 467 g/mol. The highest BCUT2D eigenvalue weighted by molar-refractivity contribution is 7.18. The number of benzene rings is 1. The van der Waals surface area contributed by atoms with Crippen LogP contribution in [0.1, 0.15) is 46.5 Å². The summed E-state index contributed by atoms with van der Waals surface area (Å²) in [4.78, 5) is 38.1. The van der Waals surface area contributed by atoms with Crippen molar-refractivity contribution in [3.05, 3.63) is 29.3 Å². The molecule has 0 aliphatic carbocycles. The topological polar surface area (TPSA) is 101 Å². The highest BCUT2D eigenvalue weighted by atomic mass is 35.5. The van der Waals surface area contributed by atoms with E-state index in [1.54, 1.807) is 24.0 Å². The van der Waals surface area contributed by atoms with Crippen LogP contribution in [0, 0.1) is 0 Å². The van der Waals surface area contributed by atoms with Gasteiger partial charge in [0.2, 0.25) is 16.9 Å². The van der Waals surface area contributed by atoms with Gasteiger partial charge in [0.25, 0.3) is 0 Å². The Kier molecular flexibility index (Phi) is 9.87. The molecule has 2 rings (SSSR count). The molecule has 0 radical (unpaired) electrons. The standard InChI is InChI=1S/C21H27ClN4O4S/c1-4-14(3)26(18(28)9-10-19(29)30-5-2)12-11-17(27)23-21-25-24-20(31-21)15-7-6-8-16(22)13-15/h6-8,13-14H,4-5,9-12H2,1-3H3,(H,23,25,27)/t14-/m1/s1. The van der Waals surface area contributed by atoms with E-state index in [1.165, 1.54) is 11.3 Å². The minimum absolute atomic E-state index is 0.0306. The highest BCUT2D eigenvalue weighted by Crippen LogP contribution is 2.28. The first-order valence-corrected chi connectivity index (χ1v) is 11.4. The van der Waals surface area contributed by atoms with Crippen LogP contribution in [0.4, 0.5) is 5.13 Å². The predicted molar refractivity (Wildman–Crippen MR) is 121 cm³/mol. The third kappa shape index (κ3) is 7.91. The lowest BCUT2D eigenvalue weighted by atomic mass is 10.1. The van der Waals surface area contributed by atoms with Crippen LogP contribution < -0.4 is 5.32 Å². The summed E-state index contributed by atoms with van der Waals surface area (Å²) in [6, 6.07) is 7.19. The Balaban J connectivity index is 1.91. The highest BCUT2D eigenvalue weighted by Gasteiger charge is 2.21. The normalized spacial score (nSPS) is 11.6. The van der Waals surface area contributed by atoms with Crippen LogP contribution >= 0.6 is 22.9 Å². The van der Waals surface area contributed by atoms with Gasteiger partial charge in [-0.15, -0.1) is 10.2 Å². The van der Waals surface area contributed by atoms with E-state index in [2.05, 4.69) is 15.5 Å². The summed E-state index contributed by atoms with van der Waals surface area (Å²) >= 11 is 7.25. The second-order valence-corrected chi connectivity index (χ2v) is 8.28. The molecule has 0 saturated carbocycles. The number of rotatable bonds is 11. The number of nitrogens with zero attached hydrogens (tertiary/aromatic N) is 3. The van der Waals surface area contributed by atoms with E-state index in [4.69, 9.17) is 16.3 Å². The molecule has 1 aromatic carbocycles. The second kappa shape index (κ2) is 12.4. The van der Waals surface area contributed by atoms with E-state index < -0.39 is 5.97 Å². The molecule has 0 saturated heterocycles. The number of hydrogen-bond donors (Lipinski definition) is 1. The van der Waals surface area contributed by atoms with Gasteiger partial charge in [-0.2, -0.15) is 0 Å². The molecule has 1 N–H and O–H groups in total. The summed E-state index contributed by atoms with van der Waals surface area (Å²) in [5.74, 6) is -0.834. The van der Waals surface area contributed by atoms with Gasteiger partial charge in [0.1, 0.15) is 5.01 Å². The maximum absolute atomic E-state index is 12.6. The minimum Gasteiger partial charge on any atom is -0.466 e. The Morgan fingerprint density at radius 2 is 1.97 bits per heavy atom. The average Bonchev–Trinajstić information content (AvgIpc) is 3.20. The maximum atomic E-state index is 12.6. The van der Waals surface area contributed by atoms with E-state index in [0.29, 0.717) is 15.2 Å². The van der Waals surface area contributed by atoms with Crippen molar-refractivity contribution in [2.45, 2.75) is 52.5 Å². The molecule has 1 heterocycles. The van der Waals surface area contributed by atoms with Crippen LogP contribution in [0.5, 0.6) is 0 Å². The Labute approximate surface area is 190 Å². The lowest BCUT2D eigenvalue weighted by Crippen LogP contribution is -2.40. The number of nitrogens with one attached hydrogen (secondary N) is 1. The Morgan fingerprint density at radius 3 is 2.65 bits per heavy atom. The summed E-state index contributed by atoms with van der Waals surface area (Å²) in [6.07, 6.45) is 0.945. The molecule has 1 atom stereocenters. The lowest BCUT2D eigenvalue weighted by Gasteiger charge is -2.28. The van der Waals surface area contributed by atoms with Gasteiger partial charge in [0.05, 0.1) is 13.0 Å². The summed E-state index contributed by atoms with van der Waals surface area (Å²) in [5.41, 5.74) is 0.820. The van der Waals surface area contributed by atoms with Crippen LogP contribution in [0.3, 0.4) is 0 Å². The van der Waals surface area contributed by atoms with Crippen molar-refractivity contribution in [1.29, 1.82) is 0 Å². The molecule has 31 heavy (non-hydrogen) atoms. The molecule has 0 aliphatic rings. The van der Waals surface area contributed by atoms with Gasteiger partial charge in [-0.3, -0.25) is 14.4 Å². The molecule has 0 bridgehead atoms. The number of carbonyl (C=O) groups excluding carboxylic acids is 3. The van der Waals surface area contributed by atoms with E-state index in [-0.39, 0.29) is 50.3 Å². The molecule has 10 heteroatoms. The zero-order valence-electron chi connectivity index (χ0n) is 17.9. The minimum atomic E-state index is -0.399. The van der Waals surface area contributed by atoms with Crippen LogP contribution in [0.2, 0.25) is 5.02 Å². The van der Waals surface area contributed by atoms with E-state index in [9.17, 15) is 14.4 Å². The Hall–Kier alpha value is -2.52. The van der Waals surface area contributed by atoms with Gasteiger partial charge in [-0.05, 0) is 32.4 Å². The molecule has 0 spiro atoms. The number of hydrogen-bond acceptors (Lipinski definition) is 7. The predicted octanol–water partition coefficient (Wildman–Crippen LogP) is 4.16. The molecule has 2 amide bonds. The lowest BCUT2D eigenvalue weighted by molar-refractivity contribution is -0.146. The van der Waals surface area contributed by atoms with Crippen molar-refractivity contribution in [2.75, 3.05) is 18.5 Å². The van der Waals surface area contributed by atoms with Gasteiger partial charge >= 0.3 is 5.97 Å². The summed E-state index contributed by atoms with van der Waals surface area (Å²) in [6.45, 7) is 6.15. The molecule has 1 aromatic heterocycles. The first-order chi connectivity index (χ1) is 14.8. The zero-order valence-corrected chi connectivity index (χ0v) is 19.5. The second-order valence-electron chi connectivity index (χ2n) is 6.87. The number of halogens is 1. The van der Waals surface area contributed by atoms with Gasteiger partial charge in [-0.1, -0.05) is 42.0 Å². The van der Waals surface area contributed by atoms with Gasteiger partial charge < -0.3 is 15.0 Å². The van der Waals surface area contributed by atoms with E-state index in [1.807, 2.05) is 26.0 Å².